The van der Waals surface area contributed by atoms with Crippen LogP contribution in [-0.4, -0.2) is 30.1 Å². The molecule has 3 heterocycles. The molecular formula is C18H17N7O. The third-order valence-corrected chi connectivity index (χ3v) is 4.03. The van der Waals surface area contributed by atoms with Crippen LogP contribution in [0.2, 0.25) is 0 Å². The van der Waals surface area contributed by atoms with E-state index in [0.717, 1.165) is 5.69 Å². The summed E-state index contributed by atoms with van der Waals surface area (Å²) < 4.78 is 6.83. The van der Waals surface area contributed by atoms with Crippen molar-refractivity contribution >= 4 is 5.82 Å². The molecule has 0 fully saturated rings. The van der Waals surface area contributed by atoms with Gasteiger partial charge in [-0.2, -0.15) is 9.67 Å². The van der Waals surface area contributed by atoms with Gasteiger partial charge in [0, 0.05) is 6.20 Å². The van der Waals surface area contributed by atoms with Gasteiger partial charge in [0.05, 0.1) is 5.69 Å². The Morgan fingerprint density at radius 2 is 1.88 bits per heavy atom. The predicted octanol–water partition coefficient (Wildman–Crippen LogP) is 3.08. The van der Waals surface area contributed by atoms with Gasteiger partial charge in [0.1, 0.15) is 5.69 Å². The highest BCUT2D eigenvalue weighted by Crippen LogP contribution is 2.26. The van der Waals surface area contributed by atoms with Gasteiger partial charge in [-0.15, -0.1) is 5.10 Å². The lowest BCUT2D eigenvalue weighted by atomic mass is 10.0. The summed E-state index contributed by atoms with van der Waals surface area (Å²) in [4.78, 5) is 8.52. The number of benzene rings is 1. The van der Waals surface area contributed by atoms with E-state index in [4.69, 9.17) is 10.3 Å². The van der Waals surface area contributed by atoms with Crippen molar-refractivity contribution in [1.29, 1.82) is 0 Å². The molecule has 0 aliphatic carbocycles. The lowest BCUT2D eigenvalue weighted by Gasteiger charge is -2.07. The monoisotopic (exact) mass is 347 g/mol. The lowest BCUT2D eigenvalue weighted by molar-refractivity contribution is 0.431. The maximum Gasteiger partial charge on any atom is 0.282 e. The van der Waals surface area contributed by atoms with Crippen molar-refractivity contribution in [2.75, 3.05) is 5.73 Å². The van der Waals surface area contributed by atoms with Gasteiger partial charge >= 0.3 is 0 Å². The van der Waals surface area contributed by atoms with Crippen molar-refractivity contribution < 1.29 is 4.52 Å². The summed E-state index contributed by atoms with van der Waals surface area (Å²) in [7, 11) is 0. The van der Waals surface area contributed by atoms with Gasteiger partial charge in [-0.1, -0.05) is 42.4 Å². The number of pyridine rings is 1. The zero-order chi connectivity index (χ0) is 18.1. The number of anilines is 1. The van der Waals surface area contributed by atoms with Gasteiger partial charge in [-0.3, -0.25) is 4.98 Å². The Morgan fingerprint density at radius 1 is 1.08 bits per heavy atom. The molecule has 0 unspecified atom stereocenters. The molecule has 0 radical (unpaired) electrons. The van der Waals surface area contributed by atoms with E-state index >= 15 is 0 Å². The molecule has 26 heavy (non-hydrogen) atoms. The highest BCUT2D eigenvalue weighted by molar-refractivity contribution is 5.65. The minimum Gasteiger partial charge on any atom is -0.382 e. The average molecular weight is 347 g/mol. The molecule has 0 saturated carbocycles. The molecule has 8 heteroatoms. The van der Waals surface area contributed by atoms with Crippen LogP contribution in [0.15, 0.2) is 53.2 Å². The molecule has 3 aromatic heterocycles. The van der Waals surface area contributed by atoms with E-state index in [9.17, 15) is 0 Å². The van der Waals surface area contributed by atoms with E-state index in [1.54, 1.807) is 16.9 Å². The van der Waals surface area contributed by atoms with E-state index in [-0.39, 0.29) is 5.89 Å². The van der Waals surface area contributed by atoms with Gasteiger partial charge in [0.25, 0.3) is 5.89 Å². The van der Waals surface area contributed by atoms with Gasteiger partial charge < -0.3 is 10.3 Å². The van der Waals surface area contributed by atoms with Crippen molar-refractivity contribution in [3.05, 3.63) is 54.2 Å². The van der Waals surface area contributed by atoms with Crippen LogP contribution in [0, 0.1) is 0 Å². The normalized spacial score (nSPS) is 11.2. The second-order valence-electron chi connectivity index (χ2n) is 6.12. The SMILES string of the molecule is CC(C)c1ccc(-n2nnc(-c3nc(-c4ccccn4)no3)c2N)cc1. The summed E-state index contributed by atoms with van der Waals surface area (Å²) in [5.74, 6) is 1.36. The molecule has 0 aliphatic heterocycles. The number of aromatic nitrogens is 6. The lowest BCUT2D eigenvalue weighted by Crippen LogP contribution is -2.02. The maximum atomic E-state index is 6.21. The fourth-order valence-corrected chi connectivity index (χ4v) is 2.55. The Kier molecular flexibility index (Phi) is 3.92. The summed E-state index contributed by atoms with van der Waals surface area (Å²) >= 11 is 0. The molecule has 0 aliphatic rings. The first kappa shape index (κ1) is 15.9. The largest absolute Gasteiger partial charge is 0.382 e. The van der Waals surface area contributed by atoms with Crippen molar-refractivity contribution in [2.24, 2.45) is 0 Å². The molecular weight excluding hydrogens is 330 g/mol. The van der Waals surface area contributed by atoms with E-state index in [1.807, 2.05) is 36.4 Å². The second kappa shape index (κ2) is 6.40. The van der Waals surface area contributed by atoms with Gasteiger partial charge in [-0.25, -0.2) is 0 Å². The first-order valence-corrected chi connectivity index (χ1v) is 8.20. The number of nitrogen functional groups attached to an aromatic ring is 1. The minimum atomic E-state index is 0.202. The number of hydrogen-bond acceptors (Lipinski definition) is 7. The quantitative estimate of drug-likeness (QED) is 0.604. The topological polar surface area (TPSA) is 109 Å². The van der Waals surface area contributed by atoms with E-state index in [1.165, 1.54) is 5.56 Å². The van der Waals surface area contributed by atoms with Crippen LogP contribution >= 0.6 is 0 Å². The third kappa shape index (κ3) is 2.81. The summed E-state index contributed by atoms with van der Waals surface area (Å²) in [6, 6.07) is 13.5. The second-order valence-corrected chi connectivity index (χ2v) is 6.12. The third-order valence-electron chi connectivity index (χ3n) is 4.03. The van der Waals surface area contributed by atoms with Crippen LogP contribution in [0.5, 0.6) is 0 Å². The highest BCUT2D eigenvalue weighted by Gasteiger charge is 2.20. The Balaban J connectivity index is 1.67. The molecule has 0 bridgehead atoms. The summed E-state index contributed by atoms with van der Waals surface area (Å²) in [6.07, 6.45) is 1.66. The van der Waals surface area contributed by atoms with Crippen molar-refractivity contribution in [1.82, 2.24) is 30.1 Å². The Morgan fingerprint density at radius 3 is 2.58 bits per heavy atom. The Hall–Kier alpha value is -3.55. The van der Waals surface area contributed by atoms with Crippen LogP contribution in [0.3, 0.4) is 0 Å². The molecule has 4 rings (SSSR count). The molecule has 1 aromatic carbocycles. The van der Waals surface area contributed by atoms with Gasteiger partial charge in [0.2, 0.25) is 5.82 Å². The number of rotatable bonds is 4. The maximum absolute atomic E-state index is 6.21. The molecule has 8 nitrogen and oxygen atoms in total. The molecule has 130 valence electrons. The molecule has 4 aromatic rings. The van der Waals surface area contributed by atoms with Crippen LogP contribution in [0.25, 0.3) is 28.8 Å². The summed E-state index contributed by atoms with van der Waals surface area (Å²) in [5.41, 5.74) is 9.21. The summed E-state index contributed by atoms with van der Waals surface area (Å²) in [5, 5.41) is 12.2. The standard InChI is InChI=1S/C18H17N7O/c1-11(2)12-6-8-13(9-7-12)25-16(19)15(22-24-25)18-21-17(23-26-18)14-5-3-4-10-20-14/h3-11H,19H2,1-2H3. The van der Waals surface area contributed by atoms with Crippen LogP contribution in [-0.2, 0) is 0 Å². The fourth-order valence-electron chi connectivity index (χ4n) is 2.55. The molecule has 0 atom stereocenters. The first-order valence-electron chi connectivity index (χ1n) is 8.20. The highest BCUT2D eigenvalue weighted by atomic mass is 16.5. The zero-order valence-electron chi connectivity index (χ0n) is 14.4. The molecule has 0 saturated heterocycles. The Labute approximate surface area is 149 Å². The minimum absolute atomic E-state index is 0.202. The van der Waals surface area contributed by atoms with E-state index in [2.05, 4.69) is 39.3 Å². The first-order chi connectivity index (χ1) is 12.6. The predicted molar refractivity (Wildman–Crippen MR) is 96.4 cm³/mol. The van der Waals surface area contributed by atoms with Crippen LogP contribution < -0.4 is 5.73 Å². The Bertz CT molecular complexity index is 1020. The molecule has 0 amide bonds. The number of nitrogens with two attached hydrogens (primary N) is 1. The smallest absolute Gasteiger partial charge is 0.282 e. The van der Waals surface area contributed by atoms with Crippen molar-refractivity contribution in [3.8, 4) is 28.8 Å². The van der Waals surface area contributed by atoms with E-state index < -0.39 is 0 Å². The molecule has 2 N–H and O–H groups in total. The number of nitrogens with zero attached hydrogens (tertiary/aromatic N) is 6. The van der Waals surface area contributed by atoms with Crippen molar-refractivity contribution in [3.63, 3.8) is 0 Å². The van der Waals surface area contributed by atoms with Gasteiger partial charge in [0.15, 0.2) is 11.5 Å². The average Bonchev–Trinajstić information content (AvgIpc) is 3.29. The summed E-state index contributed by atoms with van der Waals surface area (Å²) in [6.45, 7) is 4.29. The van der Waals surface area contributed by atoms with Crippen molar-refractivity contribution in [2.45, 2.75) is 19.8 Å². The van der Waals surface area contributed by atoms with Crippen LogP contribution in [0.1, 0.15) is 25.3 Å². The van der Waals surface area contributed by atoms with Crippen LogP contribution in [0.4, 0.5) is 5.82 Å². The van der Waals surface area contributed by atoms with Gasteiger partial charge in [-0.05, 0) is 35.7 Å². The number of hydrogen-bond donors (Lipinski definition) is 1. The molecule has 0 spiro atoms. The van der Waals surface area contributed by atoms with E-state index in [0.29, 0.717) is 28.9 Å². The zero-order valence-corrected chi connectivity index (χ0v) is 14.4. The fraction of sp³-hybridized carbons (Fsp3) is 0.167.